The molecule has 13 heteroatoms. The van der Waals surface area contributed by atoms with Crippen LogP contribution in [0.1, 0.15) is 18.2 Å². The quantitative estimate of drug-likeness (QED) is 0.552. The Hall–Kier alpha value is -2.12. The van der Waals surface area contributed by atoms with Crippen LogP contribution >= 0.6 is 11.3 Å². The van der Waals surface area contributed by atoms with Crippen LogP contribution in [0.25, 0.3) is 16.5 Å². The Kier molecular flexibility index (Phi) is 6.01. The number of halogens is 4. The van der Waals surface area contributed by atoms with Gasteiger partial charge in [0.25, 0.3) is 12.3 Å². The van der Waals surface area contributed by atoms with Gasteiger partial charge in [-0.1, -0.05) is 18.3 Å². The molecule has 1 unspecified atom stereocenters. The number of anilines is 1. The van der Waals surface area contributed by atoms with Crippen molar-refractivity contribution in [3.8, 4) is 11.5 Å². The highest BCUT2D eigenvalue weighted by Crippen LogP contribution is 2.39. The first-order chi connectivity index (χ1) is 14.7. The Labute approximate surface area is 182 Å². The summed E-state index contributed by atoms with van der Waals surface area (Å²) in [5, 5.41) is 0. The third kappa shape index (κ3) is 4.30. The monoisotopic (exact) mass is 476 g/mol. The molecule has 4 heterocycles. The van der Waals surface area contributed by atoms with E-state index in [4.69, 9.17) is 0 Å². The van der Waals surface area contributed by atoms with Gasteiger partial charge in [-0.05, 0) is 6.07 Å². The van der Waals surface area contributed by atoms with Crippen molar-refractivity contribution in [3.63, 3.8) is 0 Å². The average molecular weight is 477 g/mol. The van der Waals surface area contributed by atoms with Gasteiger partial charge in [-0.15, -0.1) is 0 Å². The maximum atomic E-state index is 14.7. The van der Waals surface area contributed by atoms with E-state index < -0.39 is 35.2 Å². The van der Waals surface area contributed by atoms with Crippen molar-refractivity contribution in [2.75, 3.05) is 30.8 Å². The van der Waals surface area contributed by atoms with Crippen LogP contribution in [0, 0.1) is 11.8 Å². The molecule has 1 aliphatic rings. The molecule has 0 bridgehead atoms. The summed E-state index contributed by atoms with van der Waals surface area (Å²) in [7, 11) is -1.40. The minimum absolute atomic E-state index is 0.0216. The molecule has 1 saturated heterocycles. The van der Waals surface area contributed by atoms with Crippen LogP contribution in [-0.4, -0.2) is 55.4 Å². The lowest BCUT2D eigenvalue weighted by atomic mass is 9.86. The molecule has 0 aromatic carbocycles. The molecule has 7 nitrogen and oxygen atoms in total. The van der Waals surface area contributed by atoms with Crippen LogP contribution in [0.15, 0.2) is 24.7 Å². The molecule has 0 amide bonds. The summed E-state index contributed by atoms with van der Waals surface area (Å²) in [6, 6.07) is 1.62. The second-order valence-electron chi connectivity index (χ2n) is 7.45. The molecular weight excluding hydrogens is 456 g/mol. The summed E-state index contributed by atoms with van der Waals surface area (Å²) < 4.78 is 70.8. The molecule has 3 aromatic heterocycles. The van der Waals surface area contributed by atoms with Crippen LogP contribution < -0.4 is 9.62 Å². The van der Waals surface area contributed by atoms with Gasteiger partial charge in [0.1, 0.15) is 11.5 Å². The lowest BCUT2D eigenvalue weighted by Crippen LogP contribution is -2.55. The lowest BCUT2D eigenvalue weighted by Gasteiger charge is -2.43. The fourth-order valence-corrected chi connectivity index (χ4v) is 4.89. The van der Waals surface area contributed by atoms with E-state index in [1.165, 1.54) is 36.2 Å². The second kappa shape index (κ2) is 8.43. The van der Waals surface area contributed by atoms with E-state index in [0.717, 1.165) is 11.3 Å². The van der Waals surface area contributed by atoms with Gasteiger partial charge in [0, 0.05) is 44.2 Å². The first-order valence-electron chi connectivity index (χ1n) is 9.45. The van der Waals surface area contributed by atoms with Crippen molar-refractivity contribution in [2.45, 2.75) is 19.3 Å². The number of thiazole rings is 1. The molecule has 1 N–H and O–H groups in total. The zero-order valence-electron chi connectivity index (χ0n) is 16.6. The van der Waals surface area contributed by atoms with Gasteiger partial charge in [-0.3, -0.25) is 4.40 Å². The molecule has 1 fully saturated rings. The van der Waals surface area contributed by atoms with Crippen LogP contribution in [-0.2, 0) is 11.0 Å². The maximum absolute atomic E-state index is 14.7. The lowest BCUT2D eigenvalue weighted by molar-refractivity contribution is -0.108. The highest BCUT2D eigenvalue weighted by molar-refractivity contribution is 7.82. The zero-order chi connectivity index (χ0) is 22.3. The predicted octanol–water partition coefficient (Wildman–Crippen LogP) is 3.38. The van der Waals surface area contributed by atoms with Crippen LogP contribution in [0.4, 0.5) is 23.4 Å². The fraction of sp³-hybridized carbons (Fsp3) is 0.500. The summed E-state index contributed by atoms with van der Waals surface area (Å²) in [5.41, 5.74) is 0.440. The number of aromatic nitrogens is 4. The fourth-order valence-electron chi connectivity index (χ4n) is 3.64. The highest BCUT2D eigenvalue weighted by Gasteiger charge is 2.49. The minimum atomic E-state index is -2.92. The number of nitrogens with one attached hydrogen (secondary N) is 1. The molecule has 0 radical (unpaired) electrons. The third-order valence-electron chi connectivity index (χ3n) is 5.31. The van der Waals surface area contributed by atoms with Crippen molar-refractivity contribution in [1.82, 2.24) is 24.1 Å². The standard InChI is InChI=1S/C18H20F4N6OS2/c1-10-7-27(8-11(18(10,21)22)5-25-31(2)29)14-3-4-23-16(26-14)12-6-24-17-28(12)9-13(30-17)15(19)20/h3-4,6,9-11,15,25H,5,7-8H2,1-2H3/t10-,11+,31?/m1/s1. The van der Waals surface area contributed by atoms with Crippen molar-refractivity contribution in [1.29, 1.82) is 0 Å². The molecule has 3 atom stereocenters. The first-order valence-corrected chi connectivity index (χ1v) is 11.8. The molecular formula is C18H20F4N6OS2. The van der Waals surface area contributed by atoms with Crippen LogP contribution in [0.2, 0.25) is 0 Å². The number of rotatable bonds is 6. The van der Waals surface area contributed by atoms with E-state index in [1.807, 2.05) is 0 Å². The minimum Gasteiger partial charge on any atom is -0.355 e. The van der Waals surface area contributed by atoms with E-state index in [-0.39, 0.29) is 30.3 Å². The van der Waals surface area contributed by atoms with E-state index in [1.54, 1.807) is 11.0 Å². The van der Waals surface area contributed by atoms with Gasteiger partial charge >= 0.3 is 0 Å². The Balaban J connectivity index is 1.63. The van der Waals surface area contributed by atoms with Crippen LogP contribution in [0.3, 0.4) is 0 Å². The number of alkyl halides is 4. The van der Waals surface area contributed by atoms with Crippen molar-refractivity contribution in [3.05, 3.63) is 29.5 Å². The third-order valence-corrected chi connectivity index (χ3v) is 6.88. The Morgan fingerprint density at radius 2 is 2.13 bits per heavy atom. The Morgan fingerprint density at radius 1 is 1.35 bits per heavy atom. The molecule has 0 saturated carbocycles. The average Bonchev–Trinajstić information content (AvgIpc) is 3.30. The number of nitrogens with zero attached hydrogens (tertiary/aromatic N) is 5. The van der Waals surface area contributed by atoms with Crippen molar-refractivity contribution >= 4 is 33.1 Å². The second-order valence-corrected chi connectivity index (χ2v) is 9.69. The molecule has 4 rings (SSSR count). The molecule has 3 aromatic rings. The highest BCUT2D eigenvalue weighted by atomic mass is 32.2. The zero-order valence-corrected chi connectivity index (χ0v) is 18.3. The number of hydrogen-bond acceptors (Lipinski definition) is 6. The van der Waals surface area contributed by atoms with Gasteiger partial charge in [-0.2, -0.15) is 0 Å². The topological polar surface area (TPSA) is 75.4 Å². The summed E-state index contributed by atoms with van der Waals surface area (Å²) in [5.74, 6) is -4.19. The van der Waals surface area contributed by atoms with Crippen LogP contribution in [0.5, 0.6) is 0 Å². The van der Waals surface area contributed by atoms with Gasteiger partial charge < -0.3 is 4.90 Å². The van der Waals surface area contributed by atoms with E-state index in [0.29, 0.717) is 16.5 Å². The Bertz CT molecular complexity index is 1100. The van der Waals surface area contributed by atoms with Gasteiger partial charge in [0.15, 0.2) is 10.8 Å². The maximum Gasteiger partial charge on any atom is 0.274 e. The first kappa shape index (κ1) is 22.1. The molecule has 0 aliphatic carbocycles. The molecule has 168 valence electrons. The predicted molar refractivity (Wildman–Crippen MR) is 111 cm³/mol. The van der Waals surface area contributed by atoms with Crippen molar-refractivity contribution in [2.24, 2.45) is 11.8 Å². The Morgan fingerprint density at radius 3 is 2.84 bits per heavy atom. The molecule has 31 heavy (non-hydrogen) atoms. The number of hydrogen-bond donors (Lipinski definition) is 1. The van der Waals surface area contributed by atoms with Gasteiger partial charge in [0.2, 0.25) is 0 Å². The number of piperidine rings is 1. The normalized spacial score (nSPS) is 22.4. The van der Waals surface area contributed by atoms with Gasteiger partial charge in [0.05, 0.1) is 28.0 Å². The van der Waals surface area contributed by atoms with E-state index in [9.17, 15) is 21.8 Å². The summed E-state index contributed by atoms with van der Waals surface area (Å²) in [6.45, 7) is 1.49. The summed E-state index contributed by atoms with van der Waals surface area (Å²) >= 11 is 0.882. The van der Waals surface area contributed by atoms with E-state index in [2.05, 4.69) is 19.7 Å². The summed E-state index contributed by atoms with van der Waals surface area (Å²) in [6.07, 6.45) is 3.10. The smallest absolute Gasteiger partial charge is 0.274 e. The summed E-state index contributed by atoms with van der Waals surface area (Å²) in [4.78, 5) is 14.9. The number of imidazole rings is 1. The number of fused-ring (bicyclic) bond motifs is 1. The van der Waals surface area contributed by atoms with E-state index >= 15 is 0 Å². The van der Waals surface area contributed by atoms with Gasteiger partial charge in [-0.25, -0.2) is 41.4 Å². The largest absolute Gasteiger partial charge is 0.355 e. The SMILES string of the molecule is C[C@@H]1CN(c2ccnc(-c3cnc4sc(C(F)F)cn34)n2)C[C@H](CNS(C)=O)C1(F)F. The van der Waals surface area contributed by atoms with Crippen molar-refractivity contribution < 1.29 is 21.8 Å². The molecule has 1 aliphatic heterocycles. The molecule has 0 spiro atoms.